The number of amides is 2. The Hall–Kier alpha value is -2.49. The molecule has 4 heteroatoms. The minimum absolute atomic E-state index is 0.0466. The summed E-state index contributed by atoms with van der Waals surface area (Å²) < 4.78 is 5.69. The summed E-state index contributed by atoms with van der Waals surface area (Å²) in [7, 11) is 0. The third kappa shape index (κ3) is 4.25. The highest BCUT2D eigenvalue weighted by molar-refractivity contribution is 6.01. The van der Waals surface area contributed by atoms with Gasteiger partial charge in [0.1, 0.15) is 5.75 Å². The first-order valence-electron chi connectivity index (χ1n) is 7.36. The van der Waals surface area contributed by atoms with Gasteiger partial charge in [0.05, 0.1) is 11.8 Å². The molecule has 0 atom stereocenters. The molecule has 0 spiro atoms. The lowest BCUT2D eigenvalue weighted by Gasteiger charge is -2.15. The first kappa shape index (κ1) is 15.9. The zero-order chi connectivity index (χ0) is 16.1. The number of benzene rings is 2. The van der Waals surface area contributed by atoms with Gasteiger partial charge in [0.2, 0.25) is 0 Å². The number of hydrogen-bond acceptors (Lipinski definition) is 2. The van der Waals surface area contributed by atoms with Gasteiger partial charge in [-0.15, -0.1) is 0 Å². The van der Waals surface area contributed by atoms with Crippen molar-refractivity contribution in [2.75, 3.05) is 10.6 Å². The Labute approximate surface area is 131 Å². The fourth-order valence-corrected chi connectivity index (χ4v) is 2.16. The summed E-state index contributed by atoms with van der Waals surface area (Å²) in [5.41, 5.74) is 3.64. The van der Waals surface area contributed by atoms with Gasteiger partial charge in [-0.2, -0.15) is 0 Å². The standard InChI is InChI=1S/C18H22N2O2/c1-12(2)22-17-8-6-5-7-16(17)20-18(21)19-15-10-9-13(3)11-14(15)4/h5-12H,1-4H3,(H2,19,20,21). The van der Waals surface area contributed by atoms with Crippen molar-refractivity contribution in [1.29, 1.82) is 0 Å². The highest BCUT2D eigenvalue weighted by Gasteiger charge is 2.09. The number of nitrogens with one attached hydrogen (secondary N) is 2. The van der Waals surface area contributed by atoms with Crippen molar-refractivity contribution in [1.82, 2.24) is 0 Å². The van der Waals surface area contributed by atoms with Crippen LogP contribution in [0, 0.1) is 13.8 Å². The van der Waals surface area contributed by atoms with Gasteiger partial charge in [0, 0.05) is 5.69 Å². The van der Waals surface area contributed by atoms with Crippen LogP contribution in [0.4, 0.5) is 16.2 Å². The quantitative estimate of drug-likeness (QED) is 0.857. The number of aryl methyl sites for hydroxylation is 2. The first-order chi connectivity index (χ1) is 10.5. The zero-order valence-electron chi connectivity index (χ0n) is 13.4. The lowest BCUT2D eigenvalue weighted by Crippen LogP contribution is -2.21. The second-order valence-electron chi connectivity index (χ2n) is 5.56. The molecule has 0 unspecified atom stereocenters. The van der Waals surface area contributed by atoms with Gasteiger partial charge in [-0.1, -0.05) is 29.8 Å². The van der Waals surface area contributed by atoms with Gasteiger partial charge >= 0.3 is 6.03 Å². The molecular formula is C18H22N2O2. The van der Waals surface area contributed by atoms with Crippen LogP contribution in [-0.4, -0.2) is 12.1 Å². The van der Waals surface area contributed by atoms with Crippen molar-refractivity contribution < 1.29 is 9.53 Å². The average Bonchev–Trinajstić information content (AvgIpc) is 2.43. The summed E-state index contributed by atoms with van der Waals surface area (Å²) in [4.78, 5) is 12.2. The second kappa shape index (κ2) is 6.98. The van der Waals surface area contributed by atoms with E-state index in [1.807, 2.05) is 70.2 Å². The Kier molecular flexibility index (Phi) is 5.04. The molecule has 2 amide bonds. The number of rotatable bonds is 4. The molecule has 0 aliphatic rings. The summed E-state index contributed by atoms with van der Waals surface area (Å²) in [5, 5.41) is 5.69. The van der Waals surface area contributed by atoms with Crippen molar-refractivity contribution >= 4 is 17.4 Å². The summed E-state index contributed by atoms with van der Waals surface area (Å²) in [6, 6.07) is 13.0. The summed E-state index contributed by atoms with van der Waals surface area (Å²) in [5.74, 6) is 0.660. The van der Waals surface area contributed by atoms with Crippen molar-refractivity contribution in [2.24, 2.45) is 0 Å². The fraction of sp³-hybridized carbons (Fsp3) is 0.278. The Morgan fingerprint density at radius 2 is 1.68 bits per heavy atom. The molecule has 2 aromatic rings. The van der Waals surface area contributed by atoms with Crippen LogP contribution in [0.3, 0.4) is 0 Å². The van der Waals surface area contributed by atoms with Crippen molar-refractivity contribution in [2.45, 2.75) is 33.8 Å². The van der Waals surface area contributed by atoms with Gasteiger partial charge in [-0.25, -0.2) is 4.79 Å². The Bertz CT molecular complexity index is 666. The van der Waals surface area contributed by atoms with E-state index in [0.29, 0.717) is 11.4 Å². The molecule has 0 saturated carbocycles. The maximum absolute atomic E-state index is 12.2. The number of ether oxygens (including phenoxy) is 1. The molecule has 0 fully saturated rings. The predicted molar refractivity (Wildman–Crippen MR) is 90.8 cm³/mol. The average molecular weight is 298 g/mol. The van der Waals surface area contributed by atoms with Gasteiger partial charge in [-0.3, -0.25) is 0 Å². The van der Waals surface area contributed by atoms with E-state index in [0.717, 1.165) is 11.3 Å². The van der Waals surface area contributed by atoms with E-state index in [1.165, 1.54) is 5.56 Å². The van der Waals surface area contributed by atoms with Crippen LogP contribution in [-0.2, 0) is 0 Å². The molecule has 0 aromatic heterocycles. The van der Waals surface area contributed by atoms with Crippen molar-refractivity contribution in [3.63, 3.8) is 0 Å². The van der Waals surface area contributed by atoms with E-state index >= 15 is 0 Å². The monoisotopic (exact) mass is 298 g/mol. The maximum Gasteiger partial charge on any atom is 0.323 e. The van der Waals surface area contributed by atoms with Crippen LogP contribution in [0.25, 0.3) is 0 Å². The maximum atomic E-state index is 12.2. The van der Waals surface area contributed by atoms with Crippen molar-refractivity contribution in [3.05, 3.63) is 53.6 Å². The van der Waals surface area contributed by atoms with E-state index < -0.39 is 0 Å². The number of para-hydroxylation sites is 2. The Morgan fingerprint density at radius 1 is 1.00 bits per heavy atom. The molecule has 0 aliphatic heterocycles. The number of urea groups is 1. The Balaban J connectivity index is 2.09. The van der Waals surface area contributed by atoms with Crippen molar-refractivity contribution in [3.8, 4) is 5.75 Å². The largest absolute Gasteiger partial charge is 0.489 e. The molecule has 0 radical (unpaired) electrons. The van der Waals surface area contributed by atoms with Gasteiger partial charge in [-0.05, 0) is 51.5 Å². The SMILES string of the molecule is Cc1ccc(NC(=O)Nc2ccccc2OC(C)C)c(C)c1. The number of carbonyl (C=O) groups is 1. The van der Waals surface area contributed by atoms with Crippen LogP contribution < -0.4 is 15.4 Å². The minimum atomic E-state index is -0.285. The predicted octanol–water partition coefficient (Wildman–Crippen LogP) is 4.73. The van der Waals surface area contributed by atoms with E-state index in [2.05, 4.69) is 10.6 Å². The third-order valence-corrected chi connectivity index (χ3v) is 3.13. The highest BCUT2D eigenvalue weighted by atomic mass is 16.5. The lowest BCUT2D eigenvalue weighted by molar-refractivity contribution is 0.243. The number of anilines is 2. The molecule has 0 heterocycles. The summed E-state index contributed by atoms with van der Waals surface area (Å²) in [6.45, 7) is 7.90. The topological polar surface area (TPSA) is 50.4 Å². The van der Waals surface area contributed by atoms with Crippen LogP contribution in [0.1, 0.15) is 25.0 Å². The van der Waals surface area contributed by atoms with Gasteiger partial charge in [0.25, 0.3) is 0 Å². The third-order valence-electron chi connectivity index (χ3n) is 3.13. The smallest absolute Gasteiger partial charge is 0.323 e. The van der Waals surface area contributed by atoms with E-state index in [4.69, 9.17) is 4.74 Å². The van der Waals surface area contributed by atoms with E-state index in [-0.39, 0.29) is 12.1 Å². The fourth-order valence-electron chi connectivity index (χ4n) is 2.16. The number of hydrogen-bond donors (Lipinski definition) is 2. The molecule has 0 saturated heterocycles. The molecule has 0 aliphatic carbocycles. The number of carbonyl (C=O) groups excluding carboxylic acids is 1. The molecule has 22 heavy (non-hydrogen) atoms. The van der Waals surface area contributed by atoms with Crippen LogP contribution in [0.15, 0.2) is 42.5 Å². The lowest BCUT2D eigenvalue weighted by atomic mass is 10.1. The van der Waals surface area contributed by atoms with E-state index in [9.17, 15) is 4.79 Å². The summed E-state index contributed by atoms with van der Waals surface area (Å²) in [6.07, 6.45) is 0.0466. The second-order valence-corrected chi connectivity index (χ2v) is 5.56. The van der Waals surface area contributed by atoms with Gasteiger partial charge in [0.15, 0.2) is 0 Å². The van der Waals surface area contributed by atoms with Gasteiger partial charge < -0.3 is 15.4 Å². The first-order valence-corrected chi connectivity index (χ1v) is 7.36. The molecular weight excluding hydrogens is 276 g/mol. The molecule has 2 aromatic carbocycles. The molecule has 2 N–H and O–H groups in total. The zero-order valence-corrected chi connectivity index (χ0v) is 13.4. The minimum Gasteiger partial charge on any atom is -0.489 e. The normalized spacial score (nSPS) is 10.4. The molecule has 116 valence electrons. The molecule has 2 rings (SSSR count). The van der Waals surface area contributed by atoms with Crippen LogP contribution in [0.2, 0.25) is 0 Å². The summed E-state index contributed by atoms with van der Waals surface area (Å²) >= 11 is 0. The van der Waals surface area contributed by atoms with E-state index in [1.54, 1.807) is 0 Å². The molecule has 4 nitrogen and oxygen atoms in total. The Morgan fingerprint density at radius 3 is 2.36 bits per heavy atom. The van der Waals surface area contributed by atoms with Crippen LogP contribution >= 0.6 is 0 Å². The molecule has 0 bridgehead atoms. The highest BCUT2D eigenvalue weighted by Crippen LogP contribution is 2.25. The van der Waals surface area contributed by atoms with Crippen LogP contribution in [0.5, 0.6) is 5.75 Å².